The summed E-state index contributed by atoms with van der Waals surface area (Å²) in [4.78, 5) is 2.17. The van der Waals surface area contributed by atoms with Crippen molar-refractivity contribution in [1.29, 1.82) is 0 Å². The van der Waals surface area contributed by atoms with Gasteiger partial charge in [0.15, 0.2) is 0 Å². The van der Waals surface area contributed by atoms with Gasteiger partial charge in [-0.2, -0.15) is 0 Å². The van der Waals surface area contributed by atoms with Gasteiger partial charge in [-0.25, -0.2) is 0 Å². The molecular weight excluding hydrogens is 164 g/mol. The van der Waals surface area contributed by atoms with Crippen LogP contribution in [0.1, 0.15) is 20.3 Å². The fraction of sp³-hybridized carbons (Fsp3) is 1.00. The smallest absolute Gasteiger partial charge is 0.0587 e. The van der Waals surface area contributed by atoms with Crippen molar-refractivity contribution in [3.05, 3.63) is 0 Å². The molecule has 0 aromatic carbocycles. The molecule has 0 aliphatic heterocycles. The maximum Gasteiger partial charge on any atom is 0.0587 e. The van der Waals surface area contributed by atoms with Crippen molar-refractivity contribution in [3.63, 3.8) is 0 Å². The van der Waals surface area contributed by atoms with Crippen LogP contribution in [0, 0.1) is 5.92 Å². The highest BCUT2D eigenvalue weighted by atomic mass is 16.3. The molecule has 0 aromatic heterocycles. The summed E-state index contributed by atoms with van der Waals surface area (Å²) < 4.78 is 0. The average molecular weight is 188 g/mol. The van der Waals surface area contributed by atoms with Crippen LogP contribution in [0.4, 0.5) is 0 Å². The third-order valence-electron chi connectivity index (χ3n) is 2.19. The van der Waals surface area contributed by atoms with Gasteiger partial charge in [0, 0.05) is 6.04 Å². The van der Waals surface area contributed by atoms with Gasteiger partial charge in [-0.1, -0.05) is 13.8 Å². The van der Waals surface area contributed by atoms with Crippen LogP contribution in [0.15, 0.2) is 0 Å². The molecule has 0 heterocycles. The van der Waals surface area contributed by atoms with Gasteiger partial charge < -0.3 is 15.3 Å². The van der Waals surface area contributed by atoms with Crippen molar-refractivity contribution in [1.82, 2.24) is 10.2 Å². The molecule has 0 radical (unpaired) electrons. The Morgan fingerprint density at radius 1 is 1.31 bits per heavy atom. The lowest BCUT2D eigenvalue weighted by Crippen LogP contribution is -2.38. The minimum absolute atomic E-state index is 0.236. The van der Waals surface area contributed by atoms with E-state index < -0.39 is 0 Å². The van der Waals surface area contributed by atoms with E-state index in [0.717, 1.165) is 19.5 Å². The van der Waals surface area contributed by atoms with Crippen LogP contribution in [0.2, 0.25) is 0 Å². The molecule has 3 nitrogen and oxygen atoms in total. The minimum atomic E-state index is 0.236. The fourth-order valence-electron chi connectivity index (χ4n) is 1.19. The molecule has 0 saturated carbocycles. The van der Waals surface area contributed by atoms with Crippen LogP contribution in [0.25, 0.3) is 0 Å². The fourth-order valence-corrected chi connectivity index (χ4v) is 1.19. The first-order chi connectivity index (χ1) is 6.07. The van der Waals surface area contributed by atoms with Crippen molar-refractivity contribution >= 4 is 0 Å². The number of aliphatic hydroxyl groups is 1. The SMILES string of the molecule is CC(C)C(CO)NCCCN(C)C. The summed E-state index contributed by atoms with van der Waals surface area (Å²) in [6.45, 7) is 6.57. The van der Waals surface area contributed by atoms with Crippen LogP contribution >= 0.6 is 0 Å². The molecule has 13 heavy (non-hydrogen) atoms. The number of nitrogens with one attached hydrogen (secondary N) is 1. The first kappa shape index (κ1) is 12.9. The predicted molar refractivity (Wildman–Crippen MR) is 56.9 cm³/mol. The number of aliphatic hydroxyl groups excluding tert-OH is 1. The first-order valence-electron chi connectivity index (χ1n) is 5.07. The summed E-state index contributed by atoms with van der Waals surface area (Å²) in [7, 11) is 4.15. The maximum atomic E-state index is 9.03. The summed E-state index contributed by atoms with van der Waals surface area (Å²) in [5.41, 5.74) is 0. The van der Waals surface area contributed by atoms with Crippen LogP contribution < -0.4 is 5.32 Å². The van der Waals surface area contributed by atoms with Crippen LogP contribution in [-0.4, -0.2) is 49.8 Å². The molecule has 1 atom stereocenters. The lowest BCUT2D eigenvalue weighted by atomic mass is 10.1. The highest BCUT2D eigenvalue weighted by Crippen LogP contribution is 1.99. The van der Waals surface area contributed by atoms with E-state index >= 15 is 0 Å². The van der Waals surface area contributed by atoms with Crippen LogP contribution in [0.5, 0.6) is 0 Å². The normalized spacial score (nSPS) is 14.1. The quantitative estimate of drug-likeness (QED) is 0.573. The molecule has 0 rings (SSSR count). The van der Waals surface area contributed by atoms with Gasteiger partial charge in [0.25, 0.3) is 0 Å². The van der Waals surface area contributed by atoms with E-state index in [1.165, 1.54) is 0 Å². The molecule has 2 N–H and O–H groups in total. The Morgan fingerprint density at radius 2 is 1.92 bits per heavy atom. The summed E-state index contributed by atoms with van der Waals surface area (Å²) in [5, 5.41) is 12.4. The van der Waals surface area contributed by atoms with Crippen molar-refractivity contribution in [2.24, 2.45) is 5.92 Å². The van der Waals surface area contributed by atoms with Crippen molar-refractivity contribution in [2.75, 3.05) is 33.8 Å². The van der Waals surface area contributed by atoms with Crippen LogP contribution in [-0.2, 0) is 0 Å². The maximum absolute atomic E-state index is 9.03. The Balaban J connectivity index is 3.39. The largest absolute Gasteiger partial charge is 0.395 e. The highest BCUT2D eigenvalue weighted by Gasteiger charge is 2.09. The molecule has 0 amide bonds. The van der Waals surface area contributed by atoms with E-state index in [4.69, 9.17) is 5.11 Å². The predicted octanol–water partition coefficient (Wildman–Crippen LogP) is 0.545. The molecule has 0 spiro atoms. The van der Waals surface area contributed by atoms with E-state index in [1.54, 1.807) is 0 Å². The molecule has 0 aromatic rings. The second-order valence-corrected chi connectivity index (χ2v) is 4.14. The Labute approximate surface area is 82.1 Å². The van der Waals surface area contributed by atoms with Crippen molar-refractivity contribution < 1.29 is 5.11 Å². The summed E-state index contributed by atoms with van der Waals surface area (Å²) in [6, 6.07) is 0.252. The Hall–Kier alpha value is -0.120. The van der Waals surface area contributed by atoms with E-state index in [9.17, 15) is 0 Å². The monoisotopic (exact) mass is 188 g/mol. The number of hydrogen-bond donors (Lipinski definition) is 2. The zero-order valence-corrected chi connectivity index (χ0v) is 9.38. The topological polar surface area (TPSA) is 35.5 Å². The number of nitrogens with zero attached hydrogens (tertiary/aromatic N) is 1. The van der Waals surface area contributed by atoms with E-state index in [-0.39, 0.29) is 12.6 Å². The molecule has 80 valence electrons. The Kier molecular flexibility index (Phi) is 7.23. The van der Waals surface area contributed by atoms with Gasteiger partial charge >= 0.3 is 0 Å². The van der Waals surface area contributed by atoms with Gasteiger partial charge in [0.05, 0.1) is 6.61 Å². The molecule has 1 unspecified atom stereocenters. The number of hydrogen-bond acceptors (Lipinski definition) is 3. The second-order valence-electron chi connectivity index (χ2n) is 4.14. The van der Waals surface area contributed by atoms with Gasteiger partial charge in [0.1, 0.15) is 0 Å². The average Bonchev–Trinajstić information content (AvgIpc) is 2.03. The van der Waals surface area contributed by atoms with E-state index in [1.807, 2.05) is 0 Å². The molecule has 0 aliphatic rings. The second kappa shape index (κ2) is 7.30. The van der Waals surface area contributed by atoms with Gasteiger partial charge in [-0.05, 0) is 39.5 Å². The molecule has 0 bridgehead atoms. The Morgan fingerprint density at radius 3 is 2.31 bits per heavy atom. The minimum Gasteiger partial charge on any atom is -0.395 e. The Bertz CT molecular complexity index is 115. The summed E-state index contributed by atoms with van der Waals surface area (Å²) in [5.74, 6) is 0.504. The van der Waals surface area contributed by atoms with Gasteiger partial charge in [-0.15, -0.1) is 0 Å². The number of rotatable bonds is 7. The third-order valence-corrected chi connectivity index (χ3v) is 2.19. The van der Waals surface area contributed by atoms with E-state index in [2.05, 4.69) is 38.2 Å². The highest BCUT2D eigenvalue weighted by molar-refractivity contribution is 4.68. The van der Waals surface area contributed by atoms with Crippen molar-refractivity contribution in [3.8, 4) is 0 Å². The zero-order valence-electron chi connectivity index (χ0n) is 9.38. The molecule has 0 aliphatic carbocycles. The zero-order chi connectivity index (χ0) is 10.3. The molecule has 0 saturated heterocycles. The van der Waals surface area contributed by atoms with Crippen molar-refractivity contribution in [2.45, 2.75) is 26.3 Å². The third kappa shape index (κ3) is 6.99. The lowest BCUT2D eigenvalue weighted by molar-refractivity contribution is 0.209. The molecule has 0 fully saturated rings. The van der Waals surface area contributed by atoms with Crippen LogP contribution in [0.3, 0.4) is 0 Å². The van der Waals surface area contributed by atoms with Gasteiger partial charge in [0.2, 0.25) is 0 Å². The standard InChI is InChI=1S/C10H24N2O/c1-9(2)10(8-13)11-6-5-7-12(3)4/h9-11,13H,5-8H2,1-4H3. The lowest BCUT2D eigenvalue weighted by Gasteiger charge is -2.20. The first-order valence-corrected chi connectivity index (χ1v) is 5.07. The summed E-state index contributed by atoms with van der Waals surface area (Å²) >= 11 is 0. The van der Waals surface area contributed by atoms with E-state index in [0.29, 0.717) is 5.92 Å². The summed E-state index contributed by atoms with van der Waals surface area (Å²) in [6.07, 6.45) is 1.14. The molecule has 3 heteroatoms. The van der Waals surface area contributed by atoms with Gasteiger partial charge in [-0.3, -0.25) is 0 Å². The molecular formula is C10H24N2O.